The Bertz CT molecular complexity index is 668. The molecular weight excluding hydrogens is 303 g/mol. The number of carbonyl (C=O) groups is 2. The zero-order valence-electron chi connectivity index (χ0n) is 11.0. The van der Waals surface area contributed by atoms with Gasteiger partial charge < -0.3 is 15.7 Å². The van der Waals surface area contributed by atoms with Gasteiger partial charge in [-0.05, 0) is 12.1 Å². The van der Waals surface area contributed by atoms with Crippen LogP contribution in [0.2, 0.25) is 0 Å². The van der Waals surface area contributed by atoms with Gasteiger partial charge in [-0.2, -0.15) is 5.26 Å². The fourth-order valence-corrected chi connectivity index (χ4v) is 1.31. The molecule has 0 aliphatic carbocycles. The van der Waals surface area contributed by atoms with E-state index in [-0.39, 0.29) is 13.0 Å². The molecular formula is C13H10F3N3O3. The van der Waals surface area contributed by atoms with Crippen LogP contribution in [0, 0.1) is 28.8 Å². The van der Waals surface area contributed by atoms with Crippen LogP contribution >= 0.6 is 0 Å². The number of nitrogens with zero attached hydrogens (tertiary/aromatic N) is 1. The van der Waals surface area contributed by atoms with Crippen molar-refractivity contribution in [2.45, 2.75) is 6.42 Å². The minimum atomic E-state index is -1.69. The molecule has 0 aliphatic rings. The van der Waals surface area contributed by atoms with E-state index in [0.717, 1.165) is 12.3 Å². The maximum absolute atomic E-state index is 13.4. The molecule has 6 nitrogen and oxygen atoms in total. The van der Waals surface area contributed by atoms with Crippen molar-refractivity contribution in [1.29, 1.82) is 5.26 Å². The van der Waals surface area contributed by atoms with Crippen LogP contribution in [0.3, 0.4) is 0 Å². The first kappa shape index (κ1) is 17.0. The highest BCUT2D eigenvalue weighted by Crippen LogP contribution is 2.19. The van der Waals surface area contributed by atoms with Gasteiger partial charge in [0.05, 0.1) is 12.1 Å². The highest BCUT2D eigenvalue weighted by Gasteiger charge is 2.14. The van der Waals surface area contributed by atoms with E-state index in [4.69, 9.17) is 10.4 Å². The van der Waals surface area contributed by atoms with Gasteiger partial charge in [0.1, 0.15) is 11.6 Å². The average molecular weight is 313 g/mol. The number of amides is 1. The number of carbonyl (C=O) groups excluding carboxylic acids is 1. The van der Waals surface area contributed by atoms with Crippen molar-refractivity contribution in [3.05, 3.63) is 41.4 Å². The Balaban J connectivity index is 2.78. The molecule has 116 valence electrons. The lowest BCUT2D eigenvalue weighted by Gasteiger charge is -2.06. The van der Waals surface area contributed by atoms with E-state index in [1.54, 1.807) is 0 Å². The molecule has 9 heteroatoms. The molecule has 0 radical (unpaired) electrons. The fourth-order valence-electron chi connectivity index (χ4n) is 1.31. The summed E-state index contributed by atoms with van der Waals surface area (Å²) in [5.41, 5.74) is -0.959. The van der Waals surface area contributed by atoms with E-state index in [9.17, 15) is 22.8 Å². The maximum atomic E-state index is 13.4. The van der Waals surface area contributed by atoms with Gasteiger partial charge >= 0.3 is 5.97 Å². The van der Waals surface area contributed by atoms with E-state index in [1.807, 2.05) is 0 Å². The number of carboxylic acid groups (broad SMARTS) is 1. The Morgan fingerprint density at radius 1 is 1.27 bits per heavy atom. The second kappa shape index (κ2) is 7.68. The number of nitriles is 1. The number of aliphatic carboxylic acids is 1. The smallest absolute Gasteiger partial charge is 0.305 e. The Morgan fingerprint density at radius 2 is 1.95 bits per heavy atom. The van der Waals surface area contributed by atoms with Crippen molar-refractivity contribution in [2.24, 2.45) is 0 Å². The second-order valence-electron chi connectivity index (χ2n) is 3.94. The van der Waals surface area contributed by atoms with Gasteiger partial charge in [0.15, 0.2) is 17.5 Å². The normalized spacial score (nSPS) is 10.7. The van der Waals surface area contributed by atoms with Crippen molar-refractivity contribution >= 4 is 17.6 Å². The largest absolute Gasteiger partial charge is 0.481 e. The summed E-state index contributed by atoms with van der Waals surface area (Å²) in [5.74, 6) is -6.59. The van der Waals surface area contributed by atoms with E-state index in [1.165, 1.54) is 6.07 Å². The summed E-state index contributed by atoms with van der Waals surface area (Å²) in [7, 11) is 0. The molecule has 0 spiro atoms. The predicted octanol–water partition coefficient (Wildman–Crippen LogP) is 1.51. The van der Waals surface area contributed by atoms with Crippen LogP contribution in [-0.4, -0.2) is 23.5 Å². The van der Waals surface area contributed by atoms with E-state index < -0.39 is 40.6 Å². The lowest BCUT2D eigenvalue weighted by molar-refractivity contribution is -0.136. The predicted molar refractivity (Wildman–Crippen MR) is 68.9 cm³/mol. The molecule has 1 amide bonds. The van der Waals surface area contributed by atoms with Gasteiger partial charge in [0, 0.05) is 12.7 Å². The molecule has 3 N–H and O–H groups in total. The van der Waals surface area contributed by atoms with Gasteiger partial charge in [0.2, 0.25) is 0 Å². The highest BCUT2D eigenvalue weighted by atomic mass is 19.2. The lowest BCUT2D eigenvalue weighted by atomic mass is 10.2. The third kappa shape index (κ3) is 4.52. The summed E-state index contributed by atoms with van der Waals surface area (Å²) >= 11 is 0. The molecule has 1 rings (SSSR count). The number of carboxylic acids is 1. The average Bonchev–Trinajstić information content (AvgIpc) is 2.47. The summed E-state index contributed by atoms with van der Waals surface area (Å²) in [6, 6.07) is 3.07. The van der Waals surface area contributed by atoms with Gasteiger partial charge in [-0.1, -0.05) is 0 Å². The number of rotatable bonds is 6. The Hall–Kier alpha value is -3.02. The number of nitrogens with one attached hydrogen (secondary N) is 2. The first-order valence-electron chi connectivity index (χ1n) is 5.87. The molecule has 0 saturated carbocycles. The third-order valence-electron chi connectivity index (χ3n) is 2.40. The topological polar surface area (TPSA) is 102 Å². The van der Waals surface area contributed by atoms with Crippen molar-refractivity contribution in [3.63, 3.8) is 0 Å². The van der Waals surface area contributed by atoms with Crippen molar-refractivity contribution in [1.82, 2.24) is 5.32 Å². The minimum absolute atomic E-state index is 0.202. The Kier molecular flexibility index (Phi) is 5.95. The van der Waals surface area contributed by atoms with Crippen molar-refractivity contribution in [3.8, 4) is 6.07 Å². The number of hydrogen-bond acceptors (Lipinski definition) is 4. The first-order valence-corrected chi connectivity index (χ1v) is 5.87. The summed E-state index contributed by atoms with van der Waals surface area (Å²) < 4.78 is 39.1. The molecule has 0 heterocycles. The van der Waals surface area contributed by atoms with Crippen LogP contribution in [0.15, 0.2) is 23.9 Å². The van der Waals surface area contributed by atoms with E-state index in [2.05, 4.69) is 10.6 Å². The SMILES string of the molecule is N#C/C(=C/Nc1ccc(F)c(F)c1F)C(=O)NCCC(=O)O. The second-order valence-corrected chi connectivity index (χ2v) is 3.94. The molecule has 0 unspecified atom stereocenters. The van der Waals surface area contributed by atoms with Crippen LogP contribution < -0.4 is 10.6 Å². The molecule has 0 fully saturated rings. The van der Waals surface area contributed by atoms with Gasteiger partial charge in [-0.15, -0.1) is 0 Å². The third-order valence-corrected chi connectivity index (χ3v) is 2.40. The molecule has 1 aromatic carbocycles. The quantitative estimate of drug-likeness (QED) is 0.420. The van der Waals surface area contributed by atoms with Gasteiger partial charge in [-0.25, -0.2) is 13.2 Å². The zero-order chi connectivity index (χ0) is 16.7. The van der Waals surface area contributed by atoms with E-state index >= 15 is 0 Å². The molecule has 0 bridgehead atoms. The van der Waals surface area contributed by atoms with Gasteiger partial charge in [0.25, 0.3) is 5.91 Å². The number of anilines is 1. The lowest BCUT2D eigenvalue weighted by Crippen LogP contribution is -2.27. The number of halogens is 3. The summed E-state index contributed by atoms with van der Waals surface area (Å²) in [6.45, 7) is -0.202. The Morgan fingerprint density at radius 3 is 2.55 bits per heavy atom. The van der Waals surface area contributed by atoms with Crippen LogP contribution in [0.5, 0.6) is 0 Å². The van der Waals surface area contributed by atoms with Gasteiger partial charge in [-0.3, -0.25) is 9.59 Å². The van der Waals surface area contributed by atoms with Crippen molar-refractivity contribution < 1.29 is 27.9 Å². The molecule has 0 saturated heterocycles. The van der Waals surface area contributed by atoms with Crippen molar-refractivity contribution in [2.75, 3.05) is 11.9 Å². The molecule has 1 aromatic rings. The molecule has 0 aliphatic heterocycles. The molecule has 0 aromatic heterocycles. The number of hydrogen-bond donors (Lipinski definition) is 3. The monoisotopic (exact) mass is 313 g/mol. The van der Waals surface area contributed by atoms with E-state index in [0.29, 0.717) is 6.07 Å². The fraction of sp³-hybridized carbons (Fsp3) is 0.154. The summed E-state index contributed by atoms with van der Waals surface area (Å²) in [6.07, 6.45) is 0.460. The standard InChI is InChI=1S/C13H10F3N3O3/c14-8-1-2-9(12(16)11(8)15)19-6-7(5-17)13(22)18-4-3-10(20)21/h1-2,6,19H,3-4H2,(H,18,22)(H,20,21)/b7-6-. The minimum Gasteiger partial charge on any atom is -0.481 e. The molecule has 22 heavy (non-hydrogen) atoms. The number of benzene rings is 1. The molecule has 0 atom stereocenters. The maximum Gasteiger partial charge on any atom is 0.305 e. The summed E-state index contributed by atoms with van der Waals surface area (Å²) in [5, 5.41) is 21.5. The zero-order valence-corrected chi connectivity index (χ0v) is 11.0. The Labute approximate surface area is 122 Å². The van der Waals surface area contributed by atoms with Crippen LogP contribution in [0.25, 0.3) is 0 Å². The first-order chi connectivity index (χ1) is 10.4. The highest BCUT2D eigenvalue weighted by molar-refractivity contribution is 5.97. The van der Waals surface area contributed by atoms with Crippen LogP contribution in [-0.2, 0) is 9.59 Å². The van der Waals surface area contributed by atoms with Crippen LogP contribution in [0.4, 0.5) is 18.9 Å². The van der Waals surface area contributed by atoms with Crippen LogP contribution in [0.1, 0.15) is 6.42 Å². The summed E-state index contributed by atoms with van der Waals surface area (Å²) in [4.78, 5) is 21.8.